The van der Waals surface area contributed by atoms with Gasteiger partial charge in [-0.15, -0.1) is 0 Å². The normalized spacial score (nSPS) is 29.3. The molecule has 1 aliphatic carbocycles. The van der Waals surface area contributed by atoms with E-state index < -0.39 is 5.41 Å². The standard InChI is InChI=1S/C25H37N3O3/c1-19-5-3-4-6-21(19)8-11-26-24(30)25-10-7-23(27-13-15-31-16-14-27)17-22(25)9-12-28(18-25)20(2)29/h3-6,22-23H,7-18H2,1-2H3,(H,26,30)/t22-,23-,25-/m1/s1. The molecule has 1 saturated carbocycles. The summed E-state index contributed by atoms with van der Waals surface area (Å²) < 4.78 is 5.53. The van der Waals surface area contributed by atoms with E-state index in [9.17, 15) is 9.59 Å². The fourth-order valence-corrected chi connectivity index (χ4v) is 5.92. The molecule has 0 radical (unpaired) electrons. The van der Waals surface area contributed by atoms with Gasteiger partial charge in [0.05, 0.1) is 18.6 Å². The molecule has 4 rings (SSSR count). The number of hydrogen-bond acceptors (Lipinski definition) is 4. The lowest BCUT2D eigenvalue weighted by Gasteiger charge is -2.53. The first-order valence-corrected chi connectivity index (χ1v) is 11.9. The third kappa shape index (κ3) is 4.80. The van der Waals surface area contributed by atoms with Crippen LogP contribution in [0.25, 0.3) is 0 Å². The monoisotopic (exact) mass is 427 g/mol. The molecule has 2 heterocycles. The molecule has 0 bridgehead atoms. The highest BCUT2D eigenvalue weighted by molar-refractivity contribution is 5.85. The minimum absolute atomic E-state index is 0.0841. The number of fused-ring (bicyclic) bond motifs is 1. The Balaban J connectivity index is 1.44. The highest BCUT2D eigenvalue weighted by atomic mass is 16.5. The van der Waals surface area contributed by atoms with Gasteiger partial charge in [-0.05, 0) is 56.1 Å². The Morgan fingerprint density at radius 2 is 1.94 bits per heavy atom. The molecule has 0 aromatic heterocycles. The maximum Gasteiger partial charge on any atom is 0.228 e. The fourth-order valence-electron chi connectivity index (χ4n) is 5.92. The van der Waals surface area contributed by atoms with Crippen LogP contribution in [0.4, 0.5) is 0 Å². The summed E-state index contributed by atoms with van der Waals surface area (Å²) >= 11 is 0. The number of amides is 2. The SMILES string of the molecule is CC(=O)N1CC[C@@H]2C[C@H](N3CCOCC3)CC[C@@]2(C(=O)NCCc2ccccc2C)C1. The van der Waals surface area contributed by atoms with Gasteiger partial charge in [0.25, 0.3) is 0 Å². The molecule has 2 amide bonds. The summed E-state index contributed by atoms with van der Waals surface area (Å²) in [5.74, 6) is 0.571. The molecule has 2 saturated heterocycles. The van der Waals surface area contributed by atoms with E-state index in [1.54, 1.807) is 6.92 Å². The van der Waals surface area contributed by atoms with Gasteiger partial charge in [-0.1, -0.05) is 24.3 Å². The molecule has 1 N–H and O–H groups in total. The molecule has 0 spiro atoms. The van der Waals surface area contributed by atoms with E-state index in [0.29, 0.717) is 25.0 Å². The number of ether oxygens (including phenoxy) is 1. The first-order valence-electron chi connectivity index (χ1n) is 11.9. The van der Waals surface area contributed by atoms with E-state index in [-0.39, 0.29) is 11.8 Å². The van der Waals surface area contributed by atoms with E-state index in [2.05, 4.69) is 35.3 Å². The van der Waals surface area contributed by atoms with Crippen LogP contribution in [-0.2, 0) is 20.7 Å². The van der Waals surface area contributed by atoms with E-state index >= 15 is 0 Å². The molecular weight excluding hydrogens is 390 g/mol. The van der Waals surface area contributed by atoms with E-state index in [4.69, 9.17) is 4.74 Å². The Labute approximate surface area is 186 Å². The van der Waals surface area contributed by atoms with Gasteiger partial charge in [-0.25, -0.2) is 0 Å². The van der Waals surface area contributed by atoms with Crippen LogP contribution in [0.3, 0.4) is 0 Å². The van der Waals surface area contributed by atoms with E-state index in [1.807, 2.05) is 11.0 Å². The highest BCUT2D eigenvalue weighted by Gasteiger charge is 2.52. The maximum atomic E-state index is 13.6. The van der Waals surface area contributed by atoms with Crippen molar-refractivity contribution in [3.8, 4) is 0 Å². The van der Waals surface area contributed by atoms with Crippen LogP contribution < -0.4 is 5.32 Å². The lowest BCUT2D eigenvalue weighted by molar-refractivity contribution is -0.150. The van der Waals surface area contributed by atoms with Gasteiger partial charge in [-0.2, -0.15) is 0 Å². The molecular formula is C25H37N3O3. The second kappa shape index (κ2) is 9.70. The van der Waals surface area contributed by atoms with Crippen LogP contribution >= 0.6 is 0 Å². The lowest BCUT2D eigenvalue weighted by Crippen LogP contribution is -2.61. The Bertz CT molecular complexity index is 792. The quantitative estimate of drug-likeness (QED) is 0.784. The summed E-state index contributed by atoms with van der Waals surface area (Å²) in [7, 11) is 0. The summed E-state index contributed by atoms with van der Waals surface area (Å²) in [6.45, 7) is 9.33. The molecule has 1 aromatic carbocycles. The van der Waals surface area contributed by atoms with Gasteiger partial charge in [-0.3, -0.25) is 14.5 Å². The van der Waals surface area contributed by atoms with Gasteiger partial charge in [0, 0.05) is 45.7 Å². The van der Waals surface area contributed by atoms with Crippen LogP contribution in [0.15, 0.2) is 24.3 Å². The third-order valence-corrected chi connectivity index (χ3v) is 7.88. The first-order chi connectivity index (χ1) is 15.0. The Hall–Kier alpha value is -1.92. The van der Waals surface area contributed by atoms with Crippen LogP contribution in [0.2, 0.25) is 0 Å². The molecule has 6 heteroatoms. The molecule has 3 aliphatic rings. The summed E-state index contributed by atoms with van der Waals surface area (Å²) in [5.41, 5.74) is 2.10. The maximum absolute atomic E-state index is 13.6. The first kappa shape index (κ1) is 22.3. The highest BCUT2D eigenvalue weighted by Crippen LogP contribution is 2.48. The number of likely N-dealkylation sites (tertiary alicyclic amines) is 1. The fraction of sp³-hybridized carbons (Fsp3) is 0.680. The number of carbonyl (C=O) groups excluding carboxylic acids is 2. The van der Waals surface area contributed by atoms with Gasteiger partial charge >= 0.3 is 0 Å². The lowest BCUT2D eigenvalue weighted by atomic mass is 9.61. The second-order valence-electron chi connectivity index (χ2n) is 9.59. The Morgan fingerprint density at radius 1 is 1.16 bits per heavy atom. The van der Waals surface area contributed by atoms with Crippen LogP contribution in [-0.4, -0.2) is 73.6 Å². The number of nitrogens with zero attached hydrogens (tertiary/aromatic N) is 2. The molecule has 3 atom stereocenters. The van der Waals surface area contributed by atoms with Crippen LogP contribution in [0, 0.1) is 18.3 Å². The van der Waals surface area contributed by atoms with Crippen molar-refractivity contribution in [1.29, 1.82) is 0 Å². The number of nitrogens with one attached hydrogen (secondary N) is 1. The zero-order valence-electron chi connectivity index (χ0n) is 19.1. The van der Waals surface area contributed by atoms with Crippen molar-refractivity contribution in [1.82, 2.24) is 15.1 Å². The number of morpholine rings is 1. The van der Waals surface area contributed by atoms with Crippen molar-refractivity contribution in [2.24, 2.45) is 11.3 Å². The zero-order chi connectivity index (χ0) is 21.8. The van der Waals surface area contributed by atoms with Gasteiger partial charge in [0.2, 0.25) is 11.8 Å². The Morgan fingerprint density at radius 3 is 2.68 bits per heavy atom. The number of rotatable bonds is 5. The van der Waals surface area contributed by atoms with Crippen molar-refractivity contribution < 1.29 is 14.3 Å². The van der Waals surface area contributed by atoms with Gasteiger partial charge in [0.15, 0.2) is 0 Å². The minimum Gasteiger partial charge on any atom is -0.379 e. The minimum atomic E-state index is -0.446. The predicted molar refractivity (Wildman–Crippen MR) is 121 cm³/mol. The van der Waals surface area contributed by atoms with Gasteiger partial charge < -0.3 is 15.0 Å². The third-order valence-electron chi connectivity index (χ3n) is 7.88. The molecule has 2 aliphatic heterocycles. The summed E-state index contributed by atoms with van der Waals surface area (Å²) in [6.07, 6.45) is 4.70. The number of hydrogen-bond donors (Lipinski definition) is 1. The Kier molecular flexibility index (Phi) is 6.97. The molecule has 1 aromatic rings. The van der Waals surface area contributed by atoms with Crippen LogP contribution in [0.5, 0.6) is 0 Å². The van der Waals surface area contributed by atoms with Crippen molar-refractivity contribution in [2.45, 2.75) is 52.0 Å². The van der Waals surface area contributed by atoms with Crippen molar-refractivity contribution in [3.05, 3.63) is 35.4 Å². The van der Waals surface area contributed by atoms with Crippen molar-refractivity contribution in [3.63, 3.8) is 0 Å². The number of aryl methyl sites for hydroxylation is 1. The average Bonchev–Trinajstić information content (AvgIpc) is 2.80. The molecule has 170 valence electrons. The number of piperidine rings is 1. The summed E-state index contributed by atoms with van der Waals surface area (Å²) in [6, 6.07) is 8.88. The average molecular weight is 428 g/mol. The smallest absolute Gasteiger partial charge is 0.228 e. The van der Waals surface area contributed by atoms with E-state index in [0.717, 1.165) is 65.0 Å². The number of carbonyl (C=O) groups is 2. The van der Waals surface area contributed by atoms with Crippen molar-refractivity contribution >= 4 is 11.8 Å². The molecule has 0 unspecified atom stereocenters. The predicted octanol–water partition coefficient (Wildman–Crippen LogP) is 2.39. The second-order valence-corrected chi connectivity index (χ2v) is 9.59. The van der Waals surface area contributed by atoms with E-state index in [1.165, 1.54) is 11.1 Å². The summed E-state index contributed by atoms with van der Waals surface area (Å²) in [4.78, 5) is 30.2. The zero-order valence-corrected chi connectivity index (χ0v) is 19.1. The molecule has 31 heavy (non-hydrogen) atoms. The number of benzene rings is 1. The van der Waals surface area contributed by atoms with Crippen molar-refractivity contribution in [2.75, 3.05) is 45.9 Å². The summed E-state index contributed by atoms with van der Waals surface area (Å²) in [5, 5.41) is 3.26. The van der Waals surface area contributed by atoms with Crippen LogP contribution in [0.1, 0.15) is 43.7 Å². The largest absolute Gasteiger partial charge is 0.379 e. The molecule has 6 nitrogen and oxygen atoms in total. The topological polar surface area (TPSA) is 61.9 Å². The molecule has 3 fully saturated rings. The van der Waals surface area contributed by atoms with Gasteiger partial charge in [0.1, 0.15) is 0 Å².